The van der Waals surface area contributed by atoms with E-state index in [1.54, 1.807) is 0 Å². The molecule has 0 bridgehead atoms. The monoisotopic (exact) mass is 348 g/mol. The summed E-state index contributed by atoms with van der Waals surface area (Å²) in [6.07, 6.45) is -0.577. The van der Waals surface area contributed by atoms with Crippen LogP contribution in [0.2, 0.25) is 0 Å². The van der Waals surface area contributed by atoms with Crippen LogP contribution in [-0.4, -0.2) is 63.9 Å². The predicted octanol–water partition coefficient (Wildman–Crippen LogP) is 1.16. The lowest BCUT2D eigenvalue weighted by Gasteiger charge is -2.14. The number of nitrogens with two attached hydrogens (primary N) is 1. The molecule has 0 aliphatic heterocycles. The second kappa shape index (κ2) is 11.8. The molecule has 25 heavy (non-hydrogen) atoms. The number of hydrogen-bond donors (Lipinski definition) is 3. The van der Waals surface area contributed by atoms with Gasteiger partial charge in [0, 0.05) is 25.0 Å². The van der Waals surface area contributed by atoms with Crippen molar-refractivity contribution in [2.45, 2.75) is 6.10 Å². The van der Waals surface area contributed by atoms with E-state index in [2.05, 4.69) is 5.32 Å². The second-order valence-electron chi connectivity index (χ2n) is 5.66. The van der Waals surface area contributed by atoms with Crippen LogP contribution in [0.25, 0.3) is 10.8 Å². The van der Waals surface area contributed by atoms with Gasteiger partial charge in [-0.15, -0.1) is 0 Å². The Bertz CT molecular complexity index is 603. The first-order chi connectivity index (χ1) is 12.3. The molecular weight excluding hydrogens is 320 g/mol. The lowest BCUT2D eigenvalue weighted by Crippen LogP contribution is -2.33. The molecule has 6 heteroatoms. The van der Waals surface area contributed by atoms with Gasteiger partial charge in [0.2, 0.25) is 0 Å². The van der Waals surface area contributed by atoms with Gasteiger partial charge in [-0.05, 0) is 11.5 Å². The van der Waals surface area contributed by atoms with Gasteiger partial charge in [-0.25, -0.2) is 0 Å². The molecule has 138 valence electrons. The van der Waals surface area contributed by atoms with Crippen molar-refractivity contribution in [3.63, 3.8) is 0 Å². The fourth-order valence-electron chi connectivity index (χ4n) is 2.38. The number of ether oxygens (including phenoxy) is 3. The molecule has 6 nitrogen and oxygen atoms in total. The zero-order valence-electron chi connectivity index (χ0n) is 14.5. The number of aliphatic hydroxyl groups is 1. The Balaban J connectivity index is 1.57. The Morgan fingerprint density at radius 2 is 1.72 bits per heavy atom. The minimum Gasteiger partial charge on any atom is -0.490 e. The third-order valence-corrected chi connectivity index (χ3v) is 3.62. The maximum atomic E-state index is 10.0. The van der Waals surface area contributed by atoms with Crippen molar-refractivity contribution in [3.05, 3.63) is 42.5 Å². The molecule has 2 rings (SSSR count). The van der Waals surface area contributed by atoms with Crippen LogP contribution < -0.4 is 15.8 Å². The minimum atomic E-state index is -0.577. The van der Waals surface area contributed by atoms with E-state index >= 15 is 0 Å². The van der Waals surface area contributed by atoms with Crippen LogP contribution in [0, 0.1) is 0 Å². The average molecular weight is 348 g/mol. The van der Waals surface area contributed by atoms with E-state index in [0.717, 1.165) is 16.5 Å². The Morgan fingerprint density at radius 3 is 2.56 bits per heavy atom. The Labute approximate surface area is 148 Å². The zero-order valence-corrected chi connectivity index (χ0v) is 14.5. The van der Waals surface area contributed by atoms with Crippen molar-refractivity contribution in [3.8, 4) is 5.75 Å². The molecule has 0 saturated heterocycles. The summed E-state index contributed by atoms with van der Waals surface area (Å²) in [5.41, 5.74) is 5.32. The highest BCUT2D eigenvalue weighted by atomic mass is 16.5. The van der Waals surface area contributed by atoms with Crippen LogP contribution in [0.4, 0.5) is 0 Å². The molecule has 0 aliphatic carbocycles. The summed E-state index contributed by atoms with van der Waals surface area (Å²) in [7, 11) is 0. The van der Waals surface area contributed by atoms with Crippen molar-refractivity contribution >= 4 is 10.8 Å². The minimum absolute atomic E-state index is 0.245. The molecular formula is C19H28N2O4. The van der Waals surface area contributed by atoms with Gasteiger partial charge in [-0.2, -0.15) is 0 Å². The van der Waals surface area contributed by atoms with Crippen molar-refractivity contribution in [2.75, 3.05) is 52.7 Å². The van der Waals surface area contributed by atoms with Gasteiger partial charge in [0.25, 0.3) is 0 Å². The van der Waals surface area contributed by atoms with Crippen molar-refractivity contribution in [1.82, 2.24) is 5.32 Å². The zero-order chi connectivity index (χ0) is 17.7. The molecule has 0 radical (unpaired) electrons. The summed E-state index contributed by atoms with van der Waals surface area (Å²) < 4.78 is 16.4. The van der Waals surface area contributed by atoms with Crippen LogP contribution in [0.5, 0.6) is 5.75 Å². The summed E-state index contributed by atoms with van der Waals surface area (Å²) in [5, 5.41) is 15.3. The first kappa shape index (κ1) is 19.6. The Morgan fingerprint density at radius 1 is 0.960 bits per heavy atom. The van der Waals surface area contributed by atoms with Gasteiger partial charge in [-0.1, -0.05) is 36.4 Å². The molecule has 2 aromatic rings. The topological polar surface area (TPSA) is 86.0 Å². The van der Waals surface area contributed by atoms with Gasteiger partial charge < -0.3 is 30.4 Å². The summed E-state index contributed by atoms with van der Waals surface area (Å²) in [6, 6.07) is 14.0. The quantitative estimate of drug-likeness (QED) is 0.471. The lowest BCUT2D eigenvalue weighted by molar-refractivity contribution is 0.0499. The maximum Gasteiger partial charge on any atom is 0.127 e. The maximum absolute atomic E-state index is 10.0. The fraction of sp³-hybridized carbons (Fsp3) is 0.474. The SMILES string of the molecule is NCCOCCOCCNCC(O)COc1cccc2ccccc12. The van der Waals surface area contributed by atoms with Crippen LogP contribution in [0.15, 0.2) is 42.5 Å². The van der Waals surface area contributed by atoms with Crippen molar-refractivity contribution in [2.24, 2.45) is 5.73 Å². The summed E-state index contributed by atoms with van der Waals surface area (Å²) in [5.74, 6) is 0.790. The first-order valence-corrected chi connectivity index (χ1v) is 8.66. The summed E-state index contributed by atoms with van der Waals surface area (Å²) in [4.78, 5) is 0. The fourth-order valence-corrected chi connectivity index (χ4v) is 2.38. The van der Waals surface area contributed by atoms with Crippen molar-refractivity contribution < 1.29 is 19.3 Å². The standard InChI is InChI=1S/C19H28N2O4/c20-8-10-23-12-13-24-11-9-21-14-17(22)15-25-19-7-3-5-16-4-1-2-6-18(16)19/h1-7,17,21-22H,8-15,20H2. The van der Waals surface area contributed by atoms with Crippen LogP contribution in [-0.2, 0) is 9.47 Å². The average Bonchev–Trinajstić information content (AvgIpc) is 2.65. The van der Waals surface area contributed by atoms with E-state index in [0.29, 0.717) is 46.1 Å². The van der Waals surface area contributed by atoms with Gasteiger partial charge in [-0.3, -0.25) is 0 Å². The molecule has 0 saturated carbocycles. The number of benzene rings is 2. The van der Waals surface area contributed by atoms with E-state index in [9.17, 15) is 5.11 Å². The van der Waals surface area contributed by atoms with Crippen LogP contribution in [0.1, 0.15) is 0 Å². The molecule has 0 fully saturated rings. The Kier molecular flexibility index (Phi) is 9.25. The third-order valence-electron chi connectivity index (χ3n) is 3.62. The molecule has 1 unspecified atom stereocenters. The molecule has 0 aromatic heterocycles. The normalized spacial score (nSPS) is 12.4. The molecule has 2 aromatic carbocycles. The number of fused-ring (bicyclic) bond motifs is 1. The van der Waals surface area contributed by atoms with Gasteiger partial charge in [0.1, 0.15) is 18.5 Å². The van der Waals surface area contributed by atoms with Gasteiger partial charge in [0.15, 0.2) is 0 Å². The van der Waals surface area contributed by atoms with E-state index in [1.807, 2.05) is 42.5 Å². The largest absolute Gasteiger partial charge is 0.490 e. The summed E-state index contributed by atoms with van der Waals surface area (Å²) in [6.45, 7) is 4.13. The number of aliphatic hydroxyl groups excluding tert-OH is 1. The highest BCUT2D eigenvalue weighted by Crippen LogP contribution is 2.25. The predicted molar refractivity (Wildman–Crippen MR) is 99.0 cm³/mol. The molecule has 0 heterocycles. The lowest BCUT2D eigenvalue weighted by atomic mass is 10.1. The molecule has 4 N–H and O–H groups in total. The Hall–Kier alpha value is -1.70. The highest BCUT2D eigenvalue weighted by molar-refractivity contribution is 5.88. The van der Waals surface area contributed by atoms with E-state index < -0.39 is 6.10 Å². The first-order valence-electron chi connectivity index (χ1n) is 8.66. The second-order valence-corrected chi connectivity index (χ2v) is 5.66. The molecule has 0 amide bonds. The third kappa shape index (κ3) is 7.37. The highest BCUT2D eigenvalue weighted by Gasteiger charge is 2.07. The smallest absolute Gasteiger partial charge is 0.127 e. The molecule has 0 aliphatic rings. The number of nitrogens with one attached hydrogen (secondary N) is 1. The van der Waals surface area contributed by atoms with Gasteiger partial charge >= 0.3 is 0 Å². The van der Waals surface area contributed by atoms with Gasteiger partial charge in [0.05, 0.1) is 26.4 Å². The van der Waals surface area contributed by atoms with Crippen molar-refractivity contribution in [1.29, 1.82) is 0 Å². The van der Waals surface area contributed by atoms with Crippen LogP contribution >= 0.6 is 0 Å². The van der Waals surface area contributed by atoms with Crippen LogP contribution in [0.3, 0.4) is 0 Å². The van der Waals surface area contributed by atoms with E-state index in [-0.39, 0.29) is 6.61 Å². The number of rotatable bonds is 13. The van der Waals surface area contributed by atoms with E-state index in [1.165, 1.54) is 0 Å². The molecule has 1 atom stereocenters. The summed E-state index contributed by atoms with van der Waals surface area (Å²) >= 11 is 0. The van der Waals surface area contributed by atoms with E-state index in [4.69, 9.17) is 19.9 Å². The molecule has 0 spiro atoms. The number of hydrogen-bond acceptors (Lipinski definition) is 6.